The first-order valence-corrected chi connectivity index (χ1v) is 9.54. The number of likely N-dealkylation sites (tertiary alicyclic amines) is 1. The van der Waals surface area contributed by atoms with Crippen LogP contribution in [0, 0.1) is 0 Å². The molecule has 1 unspecified atom stereocenters. The van der Waals surface area contributed by atoms with Crippen molar-refractivity contribution in [3.63, 3.8) is 0 Å². The van der Waals surface area contributed by atoms with E-state index in [0.717, 1.165) is 19.3 Å². The van der Waals surface area contributed by atoms with E-state index in [1.165, 1.54) is 12.1 Å². The zero-order valence-electron chi connectivity index (χ0n) is 15.9. The normalized spacial score (nSPS) is 19.7. The number of amides is 3. The van der Waals surface area contributed by atoms with E-state index in [2.05, 4.69) is 10.6 Å². The highest BCUT2D eigenvalue weighted by Gasteiger charge is 2.33. The number of ether oxygens (including phenoxy) is 1. The van der Waals surface area contributed by atoms with Gasteiger partial charge in [-0.05, 0) is 43.4 Å². The molecule has 0 bridgehead atoms. The van der Waals surface area contributed by atoms with Gasteiger partial charge in [-0.15, -0.1) is 0 Å². The molecule has 1 atom stereocenters. The third-order valence-electron chi connectivity index (χ3n) is 4.97. The summed E-state index contributed by atoms with van der Waals surface area (Å²) in [7, 11) is 0. The smallest absolute Gasteiger partial charge is 0.338 e. The monoisotopic (exact) mass is 387 g/mol. The van der Waals surface area contributed by atoms with Crippen molar-refractivity contribution in [2.24, 2.45) is 0 Å². The number of carbonyl (C=O) groups is 3. The number of rotatable bonds is 5. The highest BCUT2D eigenvalue weighted by molar-refractivity contribution is 5.96. The van der Waals surface area contributed by atoms with Crippen LogP contribution in [0.5, 0.6) is 5.75 Å². The van der Waals surface area contributed by atoms with Crippen LogP contribution in [0.25, 0.3) is 0 Å². The summed E-state index contributed by atoms with van der Waals surface area (Å²) in [4.78, 5) is 38.8. The molecule has 1 fully saturated rings. The number of hydrogen-bond acceptors (Lipinski definition) is 5. The van der Waals surface area contributed by atoms with Crippen molar-refractivity contribution in [1.82, 2.24) is 15.5 Å². The van der Waals surface area contributed by atoms with Crippen LogP contribution >= 0.6 is 0 Å². The molecule has 2 heterocycles. The van der Waals surface area contributed by atoms with Gasteiger partial charge >= 0.3 is 12.0 Å². The Labute approximate surface area is 163 Å². The molecule has 0 saturated carbocycles. The SMILES string of the molecule is CCC1=C(C(=O)OCC(=O)N2CCCCC2)C(c2cccc(O)c2)NC(=O)N1. The third kappa shape index (κ3) is 4.44. The number of esters is 1. The summed E-state index contributed by atoms with van der Waals surface area (Å²) in [6.07, 6.45) is 3.43. The van der Waals surface area contributed by atoms with Gasteiger partial charge in [-0.3, -0.25) is 4.79 Å². The van der Waals surface area contributed by atoms with Crippen LogP contribution in [0.15, 0.2) is 35.5 Å². The summed E-state index contributed by atoms with van der Waals surface area (Å²) in [5, 5.41) is 15.1. The van der Waals surface area contributed by atoms with E-state index in [1.807, 2.05) is 6.92 Å². The fourth-order valence-electron chi connectivity index (χ4n) is 3.53. The van der Waals surface area contributed by atoms with Gasteiger partial charge in [0.1, 0.15) is 5.75 Å². The van der Waals surface area contributed by atoms with Crippen LogP contribution in [0.4, 0.5) is 4.79 Å². The highest BCUT2D eigenvalue weighted by atomic mass is 16.5. The number of hydrogen-bond donors (Lipinski definition) is 3. The Morgan fingerprint density at radius 3 is 2.68 bits per heavy atom. The lowest BCUT2D eigenvalue weighted by molar-refractivity contribution is -0.149. The summed E-state index contributed by atoms with van der Waals surface area (Å²) in [6, 6.07) is 5.12. The molecular weight excluding hydrogens is 362 g/mol. The Balaban J connectivity index is 1.79. The van der Waals surface area contributed by atoms with Gasteiger partial charge in [-0.25, -0.2) is 9.59 Å². The van der Waals surface area contributed by atoms with Gasteiger partial charge < -0.3 is 25.4 Å². The molecular formula is C20H25N3O5. The average Bonchev–Trinajstić information content (AvgIpc) is 2.71. The summed E-state index contributed by atoms with van der Waals surface area (Å²) < 4.78 is 5.30. The topological polar surface area (TPSA) is 108 Å². The first kappa shape index (κ1) is 19.7. The van der Waals surface area contributed by atoms with Crippen molar-refractivity contribution in [1.29, 1.82) is 0 Å². The van der Waals surface area contributed by atoms with Gasteiger partial charge in [0.2, 0.25) is 0 Å². The molecule has 2 aliphatic heterocycles. The number of carbonyl (C=O) groups excluding carboxylic acids is 3. The molecule has 0 aliphatic carbocycles. The molecule has 28 heavy (non-hydrogen) atoms. The van der Waals surface area contributed by atoms with Crippen molar-refractivity contribution >= 4 is 17.9 Å². The Kier molecular flexibility index (Phi) is 6.18. The van der Waals surface area contributed by atoms with Crippen molar-refractivity contribution in [2.75, 3.05) is 19.7 Å². The largest absolute Gasteiger partial charge is 0.508 e. The first-order valence-electron chi connectivity index (χ1n) is 9.54. The Hall–Kier alpha value is -3.03. The lowest BCUT2D eigenvalue weighted by Gasteiger charge is -2.30. The van der Waals surface area contributed by atoms with Crippen molar-refractivity contribution in [2.45, 2.75) is 38.6 Å². The second-order valence-electron chi connectivity index (χ2n) is 6.89. The van der Waals surface area contributed by atoms with Crippen LogP contribution in [0.1, 0.15) is 44.2 Å². The van der Waals surface area contributed by atoms with Gasteiger partial charge in [0.25, 0.3) is 5.91 Å². The Morgan fingerprint density at radius 2 is 2.00 bits per heavy atom. The maximum Gasteiger partial charge on any atom is 0.338 e. The average molecular weight is 387 g/mol. The number of allylic oxidation sites excluding steroid dienone is 1. The molecule has 3 amide bonds. The molecule has 150 valence electrons. The van der Waals surface area contributed by atoms with E-state index in [9.17, 15) is 19.5 Å². The van der Waals surface area contributed by atoms with E-state index in [-0.39, 0.29) is 23.8 Å². The summed E-state index contributed by atoms with van der Waals surface area (Å²) in [6.45, 7) is 2.85. The zero-order chi connectivity index (χ0) is 20.1. The quantitative estimate of drug-likeness (QED) is 0.670. The van der Waals surface area contributed by atoms with Gasteiger partial charge in [0.15, 0.2) is 6.61 Å². The Bertz CT molecular complexity index is 799. The molecule has 1 aromatic carbocycles. The van der Waals surface area contributed by atoms with Crippen molar-refractivity contribution in [3.05, 3.63) is 41.1 Å². The molecule has 2 aliphatic rings. The number of nitrogens with zero attached hydrogens (tertiary/aromatic N) is 1. The number of nitrogens with one attached hydrogen (secondary N) is 2. The van der Waals surface area contributed by atoms with Gasteiger partial charge in [0, 0.05) is 18.8 Å². The summed E-state index contributed by atoms with van der Waals surface area (Å²) >= 11 is 0. The number of urea groups is 1. The first-order chi connectivity index (χ1) is 13.5. The van der Waals surface area contributed by atoms with E-state index in [4.69, 9.17) is 4.74 Å². The molecule has 3 rings (SSSR count). The summed E-state index contributed by atoms with van der Waals surface area (Å²) in [5.74, 6) is -0.854. The van der Waals surface area contributed by atoms with Crippen LogP contribution in [0.2, 0.25) is 0 Å². The fourth-order valence-corrected chi connectivity index (χ4v) is 3.53. The Morgan fingerprint density at radius 1 is 1.25 bits per heavy atom. The van der Waals surface area contributed by atoms with E-state index in [0.29, 0.717) is 30.8 Å². The number of phenolic OH excluding ortho intramolecular Hbond substituents is 1. The minimum atomic E-state index is -0.770. The zero-order valence-corrected chi connectivity index (χ0v) is 15.9. The molecule has 0 aromatic heterocycles. The molecule has 3 N–H and O–H groups in total. The summed E-state index contributed by atoms with van der Waals surface area (Å²) in [5.41, 5.74) is 1.22. The second kappa shape index (κ2) is 8.77. The minimum Gasteiger partial charge on any atom is -0.508 e. The molecule has 1 aromatic rings. The molecule has 0 spiro atoms. The van der Waals surface area contributed by atoms with Gasteiger partial charge in [-0.1, -0.05) is 19.1 Å². The highest BCUT2D eigenvalue weighted by Crippen LogP contribution is 2.30. The molecule has 8 heteroatoms. The third-order valence-corrected chi connectivity index (χ3v) is 4.97. The molecule has 0 radical (unpaired) electrons. The van der Waals surface area contributed by atoms with Crippen LogP contribution in [-0.2, 0) is 14.3 Å². The van der Waals surface area contributed by atoms with E-state index >= 15 is 0 Å². The van der Waals surface area contributed by atoms with Crippen LogP contribution in [0.3, 0.4) is 0 Å². The van der Waals surface area contributed by atoms with Crippen molar-refractivity contribution < 1.29 is 24.2 Å². The second-order valence-corrected chi connectivity index (χ2v) is 6.89. The van der Waals surface area contributed by atoms with Crippen molar-refractivity contribution in [3.8, 4) is 5.75 Å². The van der Waals surface area contributed by atoms with Gasteiger partial charge in [-0.2, -0.15) is 0 Å². The molecule has 1 saturated heterocycles. The lowest BCUT2D eigenvalue weighted by Crippen LogP contribution is -2.46. The standard InChI is InChI=1S/C20H25N3O5/c1-2-15-17(19(26)28-12-16(25)23-9-4-3-5-10-23)18(22-20(27)21-15)13-7-6-8-14(24)11-13/h6-8,11,18,24H,2-5,9-10,12H2,1H3,(H2,21,22,27). The maximum atomic E-state index is 12.8. The van der Waals surface area contributed by atoms with Crippen LogP contribution in [-0.4, -0.2) is 47.6 Å². The van der Waals surface area contributed by atoms with E-state index < -0.39 is 18.0 Å². The van der Waals surface area contributed by atoms with E-state index in [1.54, 1.807) is 17.0 Å². The predicted octanol–water partition coefficient (Wildman–Crippen LogP) is 1.97. The minimum absolute atomic E-state index is 0.0244. The van der Waals surface area contributed by atoms with Crippen LogP contribution < -0.4 is 10.6 Å². The predicted molar refractivity (Wildman–Crippen MR) is 101 cm³/mol. The number of aromatic hydroxyl groups is 1. The molecule has 8 nitrogen and oxygen atoms in total. The number of piperidine rings is 1. The number of phenols is 1. The fraction of sp³-hybridized carbons (Fsp3) is 0.450. The number of benzene rings is 1. The maximum absolute atomic E-state index is 12.8. The van der Waals surface area contributed by atoms with Gasteiger partial charge in [0.05, 0.1) is 11.6 Å². The lowest BCUT2D eigenvalue weighted by atomic mass is 9.94.